The monoisotopic (exact) mass is 304 g/mol. The molecule has 0 radical (unpaired) electrons. The summed E-state index contributed by atoms with van der Waals surface area (Å²) in [6.45, 7) is 1.05. The third kappa shape index (κ3) is 3.46. The van der Waals surface area contributed by atoms with Crippen LogP contribution in [0.1, 0.15) is 37.7 Å². The van der Waals surface area contributed by atoms with Crippen LogP contribution in [0.3, 0.4) is 0 Å². The fraction of sp³-hybridized carbons (Fsp3) is 0.529. The van der Waals surface area contributed by atoms with Gasteiger partial charge in [0.1, 0.15) is 11.9 Å². The topological polar surface area (TPSA) is 49.4 Å². The second kappa shape index (κ2) is 6.46. The molecule has 1 aromatic rings. The van der Waals surface area contributed by atoms with Gasteiger partial charge in [-0.1, -0.05) is 12.1 Å². The van der Waals surface area contributed by atoms with Crippen molar-refractivity contribution in [3.63, 3.8) is 0 Å². The fourth-order valence-electron chi connectivity index (χ4n) is 2.91. The minimum Gasteiger partial charge on any atom is -0.354 e. The molecule has 2 fully saturated rings. The molecule has 1 saturated heterocycles. The third-order valence-corrected chi connectivity index (χ3v) is 4.36. The number of carbonyl (C=O) groups excluding carboxylic acids is 2. The van der Waals surface area contributed by atoms with E-state index in [1.165, 1.54) is 12.1 Å². The van der Waals surface area contributed by atoms with Crippen molar-refractivity contribution >= 4 is 11.8 Å². The van der Waals surface area contributed by atoms with Crippen LogP contribution in [-0.4, -0.2) is 29.3 Å². The zero-order valence-corrected chi connectivity index (χ0v) is 12.6. The molecule has 3 rings (SSSR count). The molecule has 1 aliphatic heterocycles. The van der Waals surface area contributed by atoms with Crippen LogP contribution in [0.2, 0.25) is 0 Å². The van der Waals surface area contributed by atoms with E-state index < -0.39 is 6.04 Å². The molecule has 1 aromatic carbocycles. The summed E-state index contributed by atoms with van der Waals surface area (Å²) in [4.78, 5) is 26.6. The van der Waals surface area contributed by atoms with Crippen molar-refractivity contribution in [2.24, 2.45) is 5.92 Å². The molecule has 5 heteroatoms. The molecule has 0 spiro atoms. The number of halogens is 1. The number of hydrogen-bond acceptors (Lipinski definition) is 2. The van der Waals surface area contributed by atoms with Crippen LogP contribution < -0.4 is 5.32 Å². The normalized spacial score (nSPS) is 21.9. The van der Waals surface area contributed by atoms with Crippen molar-refractivity contribution in [3.8, 4) is 0 Å². The van der Waals surface area contributed by atoms with Crippen molar-refractivity contribution in [3.05, 3.63) is 35.6 Å². The summed E-state index contributed by atoms with van der Waals surface area (Å²) in [5.41, 5.74) is 0.854. The summed E-state index contributed by atoms with van der Waals surface area (Å²) in [5.74, 6) is -0.229. The van der Waals surface area contributed by atoms with Crippen molar-refractivity contribution < 1.29 is 14.0 Å². The number of amides is 2. The molecule has 1 atom stereocenters. The Kier molecular flexibility index (Phi) is 4.41. The van der Waals surface area contributed by atoms with Gasteiger partial charge in [0.2, 0.25) is 11.8 Å². The second-order valence-corrected chi connectivity index (χ2v) is 6.17. The Hall–Kier alpha value is -1.91. The maximum Gasteiger partial charge on any atom is 0.242 e. The highest BCUT2D eigenvalue weighted by Gasteiger charge is 2.38. The molecular weight excluding hydrogens is 283 g/mol. The first-order valence-corrected chi connectivity index (χ1v) is 7.98. The van der Waals surface area contributed by atoms with E-state index in [1.807, 2.05) is 0 Å². The lowest BCUT2D eigenvalue weighted by atomic mass is 10.1. The Balaban J connectivity index is 1.80. The minimum atomic E-state index is -0.402. The van der Waals surface area contributed by atoms with Crippen molar-refractivity contribution in [1.82, 2.24) is 10.2 Å². The Labute approximate surface area is 129 Å². The lowest BCUT2D eigenvalue weighted by molar-refractivity contribution is -0.142. The standard InChI is InChI=1S/C17H21FN2O2/c18-14-8-4-12(5-9-14)11-20(17(22)13-6-7-13)15-3-1-2-10-19-16(15)21/h4-5,8-9,13,15H,1-3,6-7,10-11H2,(H,19,21). The lowest BCUT2D eigenvalue weighted by Crippen LogP contribution is -2.48. The predicted molar refractivity (Wildman–Crippen MR) is 80.3 cm³/mol. The van der Waals surface area contributed by atoms with Crippen LogP contribution in [0, 0.1) is 11.7 Å². The van der Waals surface area contributed by atoms with E-state index in [9.17, 15) is 14.0 Å². The summed E-state index contributed by atoms with van der Waals surface area (Å²) >= 11 is 0. The molecule has 0 aromatic heterocycles. The molecule has 22 heavy (non-hydrogen) atoms. The Bertz CT molecular complexity index is 554. The van der Waals surface area contributed by atoms with Crippen molar-refractivity contribution in [2.75, 3.05) is 6.54 Å². The van der Waals surface area contributed by atoms with Crippen LogP contribution in [-0.2, 0) is 16.1 Å². The first kappa shape index (κ1) is 15.0. The quantitative estimate of drug-likeness (QED) is 0.927. The van der Waals surface area contributed by atoms with Gasteiger partial charge in [0.25, 0.3) is 0 Å². The molecule has 1 aliphatic carbocycles. The van der Waals surface area contributed by atoms with E-state index >= 15 is 0 Å². The molecule has 4 nitrogen and oxygen atoms in total. The first-order chi connectivity index (χ1) is 10.6. The largest absolute Gasteiger partial charge is 0.354 e. The van der Waals surface area contributed by atoms with Gasteiger partial charge in [0.05, 0.1) is 0 Å². The fourth-order valence-corrected chi connectivity index (χ4v) is 2.91. The highest BCUT2D eigenvalue weighted by Crippen LogP contribution is 2.33. The summed E-state index contributed by atoms with van der Waals surface area (Å²) in [5, 5.41) is 2.89. The van der Waals surface area contributed by atoms with Gasteiger partial charge < -0.3 is 10.2 Å². The maximum absolute atomic E-state index is 13.0. The predicted octanol–water partition coefficient (Wildman–Crippen LogP) is 2.23. The number of nitrogens with zero attached hydrogens (tertiary/aromatic N) is 1. The van der Waals surface area contributed by atoms with Crippen molar-refractivity contribution in [1.29, 1.82) is 0 Å². The molecule has 1 saturated carbocycles. The molecule has 2 amide bonds. The van der Waals surface area contributed by atoms with E-state index in [1.54, 1.807) is 17.0 Å². The molecule has 1 N–H and O–H groups in total. The maximum atomic E-state index is 13.0. The molecule has 1 unspecified atom stereocenters. The second-order valence-electron chi connectivity index (χ2n) is 6.17. The summed E-state index contributed by atoms with van der Waals surface area (Å²) in [7, 11) is 0. The zero-order chi connectivity index (χ0) is 15.5. The summed E-state index contributed by atoms with van der Waals surface area (Å²) in [6.07, 6.45) is 4.40. The van der Waals surface area contributed by atoms with Crippen LogP contribution in [0.15, 0.2) is 24.3 Å². The van der Waals surface area contributed by atoms with Crippen LogP contribution in [0.4, 0.5) is 4.39 Å². The van der Waals surface area contributed by atoms with Crippen LogP contribution in [0.5, 0.6) is 0 Å². The SMILES string of the molecule is O=C1NCCCCC1N(Cc1ccc(F)cc1)C(=O)C1CC1. The third-order valence-electron chi connectivity index (χ3n) is 4.36. The van der Waals surface area contributed by atoms with E-state index in [4.69, 9.17) is 0 Å². The average Bonchev–Trinajstić information content (AvgIpc) is 3.34. The van der Waals surface area contributed by atoms with E-state index in [0.29, 0.717) is 19.5 Å². The highest BCUT2D eigenvalue weighted by atomic mass is 19.1. The molecular formula is C17H21FN2O2. The number of rotatable bonds is 4. The average molecular weight is 304 g/mol. The number of hydrogen-bond donors (Lipinski definition) is 1. The summed E-state index contributed by atoms with van der Waals surface area (Å²) in [6, 6.07) is 5.74. The lowest BCUT2D eigenvalue weighted by Gasteiger charge is -2.30. The number of nitrogens with one attached hydrogen (secondary N) is 1. The number of carbonyl (C=O) groups is 2. The zero-order valence-electron chi connectivity index (χ0n) is 12.6. The van der Waals surface area contributed by atoms with Crippen molar-refractivity contribution in [2.45, 2.75) is 44.7 Å². The van der Waals surface area contributed by atoms with Gasteiger partial charge in [0, 0.05) is 19.0 Å². The Morgan fingerprint density at radius 3 is 2.59 bits per heavy atom. The van der Waals surface area contributed by atoms with Gasteiger partial charge in [-0.3, -0.25) is 9.59 Å². The van der Waals surface area contributed by atoms with Crippen LogP contribution in [0.25, 0.3) is 0 Å². The molecule has 0 bridgehead atoms. The highest BCUT2D eigenvalue weighted by molar-refractivity contribution is 5.89. The smallest absolute Gasteiger partial charge is 0.242 e. The number of benzene rings is 1. The van der Waals surface area contributed by atoms with E-state index in [-0.39, 0.29) is 23.5 Å². The van der Waals surface area contributed by atoms with Gasteiger partial charge >= 0.3 is 0 Å². The van der Waals surface area contributed by atoms with Gasteiger partial charge in [-0.25, -0.2) is 4.39 Å². The van der Waals surface area contributed by atoms with Gasteiger partial charge in [-0.05, 0) is 49.8 Å². The van der Waals surface area contributed by atoms with Gasteiger partial charge in [-0.2, -0.15) is 0 Å². The van der Waals surface area contributed by atoms with Crippen LogP contribution >= 0.6 is 0 Å². The summed E-state index contributed by atoms with van der Waals surface area (Å²) < 4.78 is 13.0. The molecule has 118 valence electrons. The minimum absolute atomic E-state index is 0.0615. The Morgan fingerprint density at radius 1 is 1.18 bits per heavy atom. The van der Waals surface area contributed by atoms with E-state index in [0.717, 1.165) is 31.2 Å². The first-order valence-electron chi connectivity index (χ1n) is 7.98. The molecule has 2 aliphatic rings. The van der Waals surface area contributed by atoms with E-state index in [2.05, 4.69) is 5.32 Å². The molecule has 1 heterocycles. The van der Waals surface area contributed by atoms with Gasteiger partial charge in [-0.15, -0.1) is 0 Å². The van der Waals surface area contributed by atoms with Gasteiger partial charge in [0.15, 0.2) is 0 Å². The Morgan fingerprint density at radius 2 is 1.91 bits per heavy atom.